The SMILES string of the molecule is Cc1cc(NC2CCCNC2)c(C)cn1. The molecule has 2 rings (SSSR count). The quantitative estimate of drug-likeness (QED) is 0.774. The van der Waals surface area contributed by atoms with E-state index in [9.17, 15) is 0 Å². The second-order valence-electron chi connectivity index (χ2n) is 4.33. The van der Waals surface area contributed by atoms with Gasteiger partial charge in [0.05, 0.1) is 0 Å². The van der Waals surface area contributed by atoms with Crippen LogP contribution in [0.4, 0.5) is 5.69 Å². The van der Waals surface area contributed by atoms with Crippen LogP contribution in [0.5, 0.6) is 0 Å². The minimum Gasteiger partial charge on any atom is -0.381 e. The minimum absolute atomic E-state index is 0.569. The summed E-state index contributed by atoms with van der Waals surface area (Å²) in [5, 5.41) is 7.00. The maximum atomic E-state index is 4.28. The lowest BCUT2D eigenvalue weighted by atomic mass is 10.1. The molecule has 1 unspecified atom stereocenters. The van der Waals surface area contributed by atoms with Crippen molar-refractivity contribution in [2.75, 3.05) is 18.4 Å². The fourth-order valence-electron chi connectivity index (χ4n) is 1.98. The highest BCUT2D eigenvalue weighted by molar-refractivity contribution is 5.51. The average Bonchev–Trinajstić information content (AvgIpc) is 2.25. The summed E-state index contributed by atoms with van der Waals surface area (Å²) in [6.45, 7) is 6.36. The van der Waals surface area contributed by atoms with Crippen LogP contribution < -0.4 is 10.6 Å². The van der Waals surface area contributed by atoms with Crippen molar-refractivity contribution >= 4 is 5.69 Å². The standard InChI is InChI=1S/C12H19N3/c1-9-7-14-10(2)6-12(9)15-11-4-3-5-13-8-11/h6-7,11,13H,3-5,8H2,1-2H3,(H,14,15). The first-order chi connectivity index (χ1) is 7.25. The summed E-state index contributed by atoms with van der Waals surface area (Å²) >= 11 is 0. The van der Waals surface area contributed by atoms with Crippen LogP contribution in [0.3, 0.4) is 0 Å². The molecule has 3 nitrogen and oxygen atoms in total. The monoisotopic (exact) mass is 205 g/mol. The van der Waals surface area contributed by atoms with Gasteiger partial charge in [-0.2, -0.15) is 0 Å². The number of rotatable bonds is 2. The summed E-state index contributed by atoms with van der Waals surface area (Å²) < 4.78 is 0. The molecule has 0 aromatic carbocycles. The lowest BCUT2D eigenvalue weighted by Crippen LogP contribution is -2.38. The molecule has 15 heavy (non-hydrogen) atoms. The summed E-state index contributed by atoms with van der Waals surface area (Å²) in [7, 11) is 0. The predicted molar refractivity (Wildman–Crippen MR) is 63.2 cm³/mol. The Labute approximate surface area is 91.3 Å². The third kappa shape index (κ3) is 2.69. The number of anilines is 1. The van der Waals surface area contributed by atoms with E-state index in [2.05, 4.69) is 28.6 Å². The van der Waals surface area contributed by atoms with Gasteiger partial charge >= 0.3 is 0 Å². The van der Waals surface area contributed by atoms with Crippen molar-refractivity contribution in [3.8, 4) is 0 Å². The van der Waals surface area contributed by atoms with Crippen molar-refractivity contribution in [3.05, 3.63) is 23.5 Å². The van der Waals surface area contributed by atoms with Crippen LogP contribution in [0, 0.1) is 13.8 Å². The van der Waals surface area contributed by atoms with Gasteiger partial charge < -0.3 is 10.6 Å². The van der Waals surface area contributed by atoms with E-state index < -0.39 is 0 Å². The molecule has 2 N–H and O–H groups in total. The first-order valence-electron chi connectivity index (χ1n) is 5.66. The molecule has 1 fully saturated rings. The number of hydrogen-bond acceptors (Lipinski definition) is 3. The Morgan fingerprint density at radius 2 is 2.33 bits per heavy atom. The van der Waals surface area contributed by atoms with Gasteiger partial charge in [-0.15, -0.1) is 0 Å². The van der Waals surface area contributed by atoms with Crippen molar-refractivity contribution in [1.29, 1.82) is 0 Å². The molecular formula is C12H19N3. The molecule has 1 aliphatic rings. The number of nitrogens with zero attached hydrogens (tertiary/aromatic N) is 1. The smallest absolute Gasteiger partial charge is 0.0406 e. The maximum absolute atomic E-state index is 4.28. The minimum atomic E-state index is 0.569. The van der Waals surface area contributed by atoms with E-state index in [1.807, 2.05) is 13.1 Å². The van der Waals surface area contributed by atoms with Gasteiger partial charge in [0, 0.05) is 30.2 Å². The zero-order valence-corrected chi connectivity index (χ0v) is 9.51. The Kier molecular flexibility index (Phi) is 3.21. The molecule has 1 aromatic rings. The van der Waals surface area contributed by atoms with Crippen LogP contribution in [0.25, 0.3) is 0 Å². The molecule has 1 atom stereocenters. The Hall–Kier alpha value is -1.09. The van der Waals surface area contributed by atoms with Crippen molar-refractivity contribution in [1.82, 2.24) is 10.3 Å². The average molecular weight is 205 g/mol. The summed E-state index contributed by atoms with van der Waals surface area (Å²) in [5.41, 5.74) is 3.54. The van der Waals surface area contributed by atoms with E-state index in [0.717, 1.165) is 18.8 Å². The highest BCUT2D eigenvalue weighted by Gasteiger charge is 2.13. The van der Waals surface area contributed by atoms with Gasteiger partial charge in [-0.1, -0.05) is 0 Å². The molecular weight excluding hydrogens is 186 g/mol. The molecule has 0 amide bonds. The Morgan fingerprint density at radius 3 is 3.07 bits per heavy atom. The van der Waals surface area contributed by atoms with Crippen molar-refractivity contribution in [2.45, 2.75) is 32.7 Å². The van der Waals surface area contributed by atoms with Crippen molar-refractivity contribution in [2.24, 2.45) is 0 Å². The van der Waals surface area contributed by atoms with E-state index in [1.54, 1.807) is 0 Å². The lowest BCUT2D eigenvalue weighted by molar-refractivity contribution is 0.479. The Bertz CT molecular complexity index is 330. The van der Waals surface area contributed by atoms with E-state index in [-0.39, 0.29) is 0 Å². The van der Waals surface area contributed by atoms with Crippen LogP contribution in [0.2, 0.25) is 0 Å². The molecule has 0 aliphatic carbocycles. The van der Waals surface area contributed by atoms with E-state index >= 15 is 0 Å². The van der Waals surface area contributed by atoms with Crippen LogP contribution in [-0.2, 0) is 0 Å². The molecule has 82 valence electrons. The molecule has 1 aromatic heterocycles. The molecule has 1 saturated heterocycles. The predicted octanol–water partition coefficient (Wildman–Crippen LogP) is 1.86. The second kappa shape index (κ2) is 4.62. The van der Waals surface area contributed by atoms with Crippen LogP contribution in [0.15, 0.2) is 12.3 Å². The number of piperidine rings is 1. The molecule has 3 heteroatoms. The first-order valence-corrected chi connectivity index (χ1v) is 5.66. The zero-order valence-electron chi connectivity index (χ0n) is 9.51. The van der Waals surface area contributed by atoms with Gasteiger partial charge in [-0.3, -0.25) is 4.98 Å². The van der Waals surface area contributed by atoms with Gasteiger partial charge in [0.15, 0.2) is 0 Å². The number of pyridine rings is 1. The number of aromatic nitrogens is 1. The highest BCUT2D eigenvalue weighted by atomic mass is 15.0. The number of hydrogen-bond donors (Lipinski definition) is 2. The maximum Gasteiger partial charge on any atom is 0.0406 e. The summed E-state index contributed by atoms with van der Waals surface area (Å²) in [4.78, 5) is 4.28. The van der Waals surface area contributed by atoms with E-state index in [0.29, 0.717) is 6.04 Å². The van der Waals surface area contributed by atoms with Gasteiger partial charge in [0.1, 0.15) is 0 Å². The van der Waals surface area contributed by atoms with Crippen molar-refractivity contribution in [3.63, 3.8) is 0 Å². The van der Waals surface area contributed by atoms with Crippen molar-refractivity contribution < 1.29 is 0 Å². The summed E-state index contributed by atoms with van der Waals surface area (Å²) in [5.74, 6) is 0. The van der Waals surface area contributed by atoms with Gasteiger partial charge in [0.2, 0.25) is 0 Å². The topological polar surface area (TPSA) is 37.0 Å². The molecule has 0 bridgehead atoms. The first kappa shape index (κ1) is 10.4. The highest BCUT2D eigenvalue weighted by Crippen LogP contribution is 2.17. The van der Waals surface area contributed by atoms with Crippen LogP contribution in [0.1, 0.15) is 24.1 Å². The summed E-state index contributed by atoms with van der Waals surface area (Å²) in [6.07, 6.45) is 4.46. The zero-order chi connectivity index (χ0) is 10.7. The lowest BCUT2D eigenvalue weighted by Gasteiger charge is -2.25. The molecule has 1 aliphatic heterocycles. The largest absolute Gasteiger partial charge is 0.381 e. The van der Waals surface area contributed by atoms with E-state index in [1.165, 1.54) is 24.1 Å². The van der Waals surface area contributed by atoms with Gasteiger partial charge in [-0.25, -0.2) is 0 Å². The summed E-state index contributed by atoms with van der Waals surface area (Å²) in [6, 6.07) is 2.70. The van der Waals surface area contributed by atoms with Gasteiger partial charge in [0.25, 0.3) is 0 Å². The molecule has 0 saturated carbocycles. The second-order valence-corrected chi connectivity index (χ2v) is 4.33. The fourth-order valence-corrected chi connectivity index (χ4v) is 1.98. The molecule has 2 heterocycles. The Balaban J connectivity index is 2.05. The molecule has 0 radical (unpaired) electrons. The number of aryl methyl sites for hydroxylation is 2. The van der Waals surface area contributed by atoms with Crippen LogP contribution in [-0.4, -0.2) is 24.1 Å². The normalized spacial score (nSPS) is 21.3. The molecule has 0 spiro atoms. The van der Waals surface area contributed by atoms with Gasteiger partial charge in [-0.05, 0) is 44.9 Å². The fraction of sp³-hybridized carbons (Fsp3) is 0.583. The number of nitrogens with one attached hydrogen (secondary N) is 2. The Morgan fingerprint density at radius 1 is 1.47 bits per heavy atom. The van der Waals surface area contributed by atoms with E-state index in [4.69, 9.17) is 0 Å². The third-order valence-corrected chi connectivity index (χ3v) is 2.90. The van der Waals surface area contributed by atoms with Crippen LogP contribution >= 0.6 is 0 Å². The third-order valence-electron chi connectivity index (χ3n) is 2.90.